The van der Waals surface area contributed by atoms with Gasteiger partial charge in [-0.25, -0.2) is 4.79 Å². The Kier molecular flexibility index (Phi) is 4.12. The van der Waals surface area contributed by atoms with E-state index in [4.69, 9.17) is 4.74 Å². The minimum Gasteiger partial charge on any atom is -0.458 e. The molecule has 0 aromatic rings. The van der Waals surface area contributed by atoms with Gasteiger partial charge in [0.25, 0.3) is 0 Å². The van der Waals surface area contributed by atoms with Crippen molar-refractivity contribution in [3.63, 3.8) is 0 Å². The quantitative estimate of drug-likeness (QED) is 0.599. The Labute approximate surface area is 167 Å². The number of aliphatic hydroxyl groups excluding tert-OH is 2. The van der Waals surface area contributed by atoms with Crippen molar-refractivity contribution in [2.75, 3.05) is 6.61 Å². The van der Waals surface area contributed by atoms with Gasteiger partial charge in [-0.1, -0.05) is 13.8 Å². The van der Waals surface area contributed by atoms with E-state index in [1.165, 1.54) is 0 Å². The molecule has 0 spiro atoms. The molecule has 5 nitrogen and oxygen atoms in total. The Balaban J connectivity index is 1.51. The van der Waals surface area contributed by atoms with Crippen LogP contribution in [0.1, 0.15) is 65.2 Å². The van der Waals surface area contributed by atoms with Gasteiger partial charge in [0, 0.05) is 11.5 Å². The Morgan fingerprint density at radius 3 is 2.61 bits per heavy atom. The first-order valence-electron chi connectivity index (χ1n) is 11.1. The second kappa shape index (κ2) is 6.05. The summed E-state index contributed by atoms with van der Waals surface area (Å²) in [6.45, 7) is 4.76. The molecule has 0 radical (unpaired) electrons. The number of rotatable bonds is 1. The minimum absolute atomic E-state index is 0.0115. The van der Waals surface area contributed by atoms with Gasteiger partial charge in [0.15, 0.2) is 0 Å². The number of esters is 1. The average molecular weight is 391 g/mol. The van der Waals surface area contributed by atoms with Crippen LogP contribution in [-0.4, -0.2) is 45.7 Å². The number of ether oxygens (including phenoxy) is 1. The molecular formula is C23H34O5. The van der Waals surface area contributed by atoms with Crippen LogP contribution in [0.5, 0.6) is 0 Å². The molecule has 0 aromatic heterocycles. The fourth-order valence-electron chi connectivity index (χ4n) is 8.49. The number of cyclic esters (lactones) is 1. The third-order valence-corrected chi connectivity index (χ3v) is 9.89. The van der Waals surface area contributed by atoms with E-state index in [0.29, 0.717) is 18.9 Å². The summed E-state index contributed by atoms with van der Waals surface area (Å²) in [6.07, 6.45) is 7.61. The largest absolute Gasteiger partial charge is 0.458 e. The SMILES string of the molecule is C[C@]12CC[C@H](O)C[C@@H]1CC[C@H]1[C@H]2[C@@H](O)C[C@]2(C)[C@H](C3=CC(=O)OC3)CC[C@]12O. The van der Waals surface area contributed by atoms with Crippen molar-refractivity contribution < 1.29 is 24.9 Å². The lowest BCUT2D eigenvalue weighted by molar-refractivity contribution is -0.242. The van der Waals surface area contributed by atoms with Crippen LogP contribution in [0.4, 0.5) is 0 Å². The molecule has 4 aliphatic carbocycles. The zero-order valence-corrected chi connectivity index (χ0v) is 17.1. The fourth-order valence-corrected chi connectivity index (χ4v) is 8.49. The van der Waals surface area contributed by atoms with E-state index in [1.54, 1.807) is 6.08 Å². The van der Waals surface area contributed by atoms with E-state index in [9.17, 15) is 20.1 Å². The number of hydrogen-bond donors (Lipinski definition) is 3. The Morgan fingerprint density at radius 1 is 1.11 bits per heavy atom. The van der Waals surface area contributed by atoms with Gasteiger partial charge in [-0.2, -0.15) is 0 Å². The Morgan fingerprint density at radius 2 is 1.89 bits per heavy atom. The molecule has 4 saturated carbocycles. The zero-order chi connectivity index (χ0) is 19.9. The van der Waals surface area contributed by atoms with Crippen molar-refractivity contribution in [2.24, 2.45) is 34.5 Å². The van der Waals surface area contributed by atoms with Gasteiger partial charge in [0.1, 0.15) is 6.61 Å². The number of hydrogen-bond acceptors (Lipinski definition) is 5. The van der Waals surface area contributed by atoms with Gasteiger partial charge in [-0.15, -0.1) is 0 Å². The molecular weight excluding hydrogens is 356 g/mol. The lowest BCUT2D eigenvalue weighted by atomic mass is 9.42. The van der Waals surface area contributed by atoms with Gasteiger partial charge >= 0.3 is 5.97 Å². The van der Waals surface area contributed by atoms with Gasteiger partial charge in [-0.3, -0.25) is 0 Å². The van der Waals surface area contributed by atoms with E-state index in [2.05, 4.69) is 13.8 Å². The van der Waals surface area contributed by atoms with Crippen LogP contribution in [0.3, 0.4) is 0 Å². The third-order valence-electron chi connectivity index (χ3n) is 9.89. The predicted octanol–water partition coefficient (Wildman–Crippen LogP) is 2.58. The second-order valence-electron chi connectivity index (χ2n) is 10.9. The van der Waals surface area contributed by atoms with E-state index in [0.717, 1.165) is 50.5 Å². The summed E-state index contributed by atoms with van der Waals surface area (Å²) in [6, 6.07) is 0. The molecule has 1 heterocycles. The van der Waals surface area contributed by atoms with Gasteiger partial charge in [0.05, 0.1) is 17.8 Å². The maximum atomic E-state index is 12.1. The van der Waals surface area contributed by atoms with Crippen LogP contribution in [0, 0.1) is 34.5 Å². The minimum atomic E-state index is -0.807. The lowest BCUT2D eigenvalue weighted by Gasteiger charge is -2.65. The molecule has 5 rings (SSSR count). The lowest BCUT2D eigenvalue weighted by Crippen LogP contribution is -2.66. The Bertz CT molecular complexity index is 718. The number of fused-ring (bicyclic) bond motifs is 5. The van der Waals surface area contributed by atoms with E-state index < -0.39 is 17.1 Å². The molecule has 5 heteroatoms. The van der Waals surface area contributed by atoms with Crippen LogP contribution in [-0.2, 0) is 9.53 Å². The van der Waals surface area contributed by atoms with Crippen molar-refractivity contribution in [1.29, 1.82) is 0 Å². The van der Waals surface area contributed by atoms with Crippen LogP contribution < -0.4 is 0 Å². The van der Waals surface area contributed by atoms with Crippen molar-refractivity contribution >= 4 is 5.97 Å². The maximum absolute atomic E-state index is 12.1. The van der Waals surface area contributed by atoms with Crippen LogP contribution >= 0.6 is 0 Å². The molecule has 28 heavy (non-hydrogen) atoms. The predicted molar refractivity (Wildman–Crippen MR) is 103 cm³/mol. The van der Waals surface area contributed by atoms with E-state index >= 15 is 0 Å². The topological polar surface area (TPSA) is 87.0 Å². The fraction of sp³-hybridized carbons (Fsp3) is 0.870. The first-order valence-corrected chi connectivity index (χ1v) is 11.1. The number of carbonyl (C=O) groups excluding carboxylic acids is 1. The van der Waals surface area contributed by atoms with Crippen LogP contribution in [0.25, 0.3) is 0 Å². The number of aliphatic hydroxyl groups is 3. The van der Waals surface area contributed by atoms with Gasteiger partial charge < -0.3 is 20.1 Å². The summed E-state index contributed by atoms with van der Waals surface area (Å²) < 4.78 is 5.17. The highest BCUT2D eigenvalue weighted by Gasteiger charge is 2.69. The van der Waals surface area contributed by atoms with Crippen molar-refractivity contribution in [2.45, 2.75) is 83.0 Å². The molecule has 3 N–H and O–H groups in total. The standard InChI is InChI=1S/C23H34O5/c1-21-7-5-15(24)10-14(21)3-4-17-20(21)18(25)11-22(2)16(6-8-23(17,22)27)13-9-19(26)28-12-13/h9,14-18,20,24-25,27H,3-8,10-12H2,1-2H3/t14-,15-,16-,17-,18-,20-,21-,22+,23-/m0/s1. The highest BCUT2D eigenvalue weighted by atomic mass is 16.5. The molecule has 1 aliphatic heterocycles. The summed E-state index contributed by atoms with van der Waals surface area (Å²) >= 11 is 0. The first kappa shape index (κ1) is 19.1. The number of carbonyl (C=O) groups is 1. The Hall–Kier alpha value is -0.910. The first-order chi connectivity index (χ1) is 13.2. The van der Waals surface area contributed by atoms with Crippen LogP contribution in [0.15, 0.2) is 11.6 Å². The second-order valence-corrected chi connectivity index (χ2v) is 10.9. The summed E-state index contributed by atoms with van der Waals surface area (Å²) in [5, 5.41) is 33.7. The third kappa shape index (κ3) is 2.33. The van der Waals surface area contributed by atoms with Crippen LogP contribution in [0.2, 0.25) is 0 Å². The monoisotopic (exact) mass is 390 g/mol. The molecule has 0 amide bonds. The molecule has 156 valence electrons. The van der Waals surface area contributed by atoms with Crippen molar-refractivity contribution in [1.82, 2.24) is 0 Å². The van der Waals surface area contributed by atoms with Crippen molar-refractivity contribution in [3.05, 3.63) is 11.6 Å². The van der Waals surface area contributed by atoms with Gasteiger partial charge in [-0.05, 0) is 86.0 Å². The summed E-state index contributed by atoms with van der Waals surface area (Å²) in [5.74, 6) is 0.420. The summed E-state index contributed by atoms with van der Waals surface area (Å²) in [7, 11) is 0. The molecule has 9 atom stereocenters. The summed E-state index contributed by atoms with van der Waals surface area (Å²) in [4.78, 5) is 11.6. The normalized spacial score (nSPS) is 55.8. The highest BCUT2D eigenvalue weighted by molar-refractivity contribution is 5.85. The van der Waals surface area contributed by atoms with E-state index in [1.807, 2.05) is 0 Å². The maximum Gasteiger partial charge on any atom is 0.331 e. The highest BCUT2D eigenvalue weighted by Crippen LogP contribution is 2.69. The molecule has 4 fully saturated rings. The molecule has 0 aromatic carbocycles. The van der Waals surface area contributed by atoms with Gasteiger partial charge in [0.2, 0.25) is 0 Å². The van der Waals surface area contributed by atoms with Crippen molar-refractivity contribution in [3.8, 4) is 0 Å². The molecule has 0 bridgehead atoms. The average Bonchev–Trinajstić information content (AvgIpc) is 3.16. The van der Waals surface area contributed by atoms with E-state index in [-0.39, 0.29) is 35.2 Å². The molecule has 5 aliphatic rings. The smallest absolute Gasteiger partial charge is 0.331 e. The molecule has 0 unspecified atom stereocenters. The summed E-state index contributed by atoms with van der Waals surface area (Å²) in [5.41, 5.74) is -0.250. The molecule has 0 saturated heterocycles. The zero-order valence-electron chi connectivity index (χ0n) is 17.1.